The number of para-hydroxylation sites is 8. The Kier molecular flexibility index (Phi) is 27.9. The van der Waals surface area contributed by atoms with Gasteiger partial charge in [0.2, 0.25) is 0 Å². The van der Waals surface area contributed by atoms with E-state index in [4.69, 9.17) is 49.2 Å². The zero-order chi connectivity index (χ0) is 91.8. The summed E-state index contributed by atoms with van der Waals surface area (Å²) in [4.78, 5) is 3.38. The molecule has 6 aromatic heterocycles. The van der Waals surface area contributed by atoms with E-state index in [0.717, 1.165) is 89.1 Å². The Hall–Kier alpha value is -13.1. The Morgan fingerprint density at radius 2 is 0.421 bits per heavy atom. The fourth-order valence-electron chi connectivity index (χ4n) is 17.7. The number of aromatic hydroxyl groups is 2. The Labute approximate surface area is 818 Å². The third-order valence-corrected chi connectivity index (χ3v) is 24.1. The number of fused-ring (bicyclic) bond motifs is 18. The molecule has 12 nitrogen and oxygen atoms in total. The van der Waals surface area contributed by atoms with Crippen molar-refractivity contribution in [1.29, 1.82) is 0 Å². The van der Waals surface area contributed by atoms with Gasteiger partial charge in [-0.1, -0.05) is 186 Å². The van der Waals surface area contributed by atoms with E-state index in [-0.39, 0.29) is 14.7 Å². The number of rotatable bonds is 11. The van der Waals surface area contributed by atoms with E-state index >= 15 is 0 Å². The number of halogens is 7. The van der Waals surface area contributed by atoms with E-state index in [1.54, 1.807) is 52.7 Å². The second-order valence-electron chi connectivity index (χ2n) is 31.1. The van der Waals surface area contributed by atoms with Crippen molar-refractivity contribution in [2.24, 2.45) is 0 Å². The smallest absolute Gasteiger partial charge is 0.0464 e. The standard InChI is InChI=1S/C38H28N2O2.C36H24N2O2.C19H15NO.C12H9N.C7H7BrO.BBr3.3ClH.Fe/c1-41-29-17-13-27(14-18-29)39-35-9-5-3-7-31(35)33-23-25(11-21-37(33)39)26-12-22-38-34(24-26)32-8-4-6-10-36(32)40(38)28-15-19-30(42-2)20-16-28;39-27-15-11-25(12-16-27)37-33-7-3-1-5-29(33)31-21-23(9-19-35(31)37)24-10-20-36-32(22-24)30-6-2-4-8-34(30)38(36)26-13-17-28(40)18-14-26;1-21-15-12-10-14(11-13-15)20-18-8-4-2-6-16(18)17-7-3-5-9-19(17)20;1-3-7-11-9(5-1)10-6-2-4-8-12(10)13-11;1-9-7-4-2-6(8)3-5-7;2-1(3)4;;;;/h3-24H,1-2H3;1-22,39-40H;2-13H,1H3;1-8,13H;2-5H,1H3;;3*1H;/q;;;;;;;;;+3/p-3. The first-order valence-corrected chi connectivity index (χ1v) is 50.6. The largest absolute Gasteiger partial charge is 0.355 e. The molecule has 133 heavy (non-hydrogen) atoms. The predicted octanol–water partition coefficient (Wildman–Crippen LogP) is 33.3. The number of ether oxygens (including phenoxy) is 4. The second-order valence-corrected chi connectivity index (χ2v) is 43.9. The van der Waals surface area contributed by atoms with Crippen molar-refractivity contribution in [3.8, 4) is 85.2 Å². The first-order valence-electron chi connectivity index (χ1n) is 42.5. The second kappa shape index (κ2) is 41.0. The summed E-state index contributed by atoms with van der Waals surface area (Å²) in [6.45, 7) is 0. The number of benzene rings is 18. The zero-order valence-electron chi connectivity index (χ0n) is 72.1. The summed E-state index contributed by atoms with van der Waals surface area (Å²) >= 11 is 11.3. The first-order chi connectivity index (χ1) is 65.0. The molecule has 24 rings (SSSR count). The fourth-order valence-corrected chi connectivity index (χ4v) is 18.0. The Morgan fingerprint density at radius 3 is 0.647 bits per heavy atom. The molecule has 0 aliphatic carbocycles. The molecule has 0 aliphatic heterocycles. The van der Waals surface area contributed by atoms with Gasteiger partial charge in [-0.3, -0.25) is 0 Å². The topological polar surface area (TPSA) is 118 Å². The summed E-state index contributed by atoms with van der Waals surface area (Å²) in [6.07, 6.45) is 0. The van der Waals surface area contributed by atoms with Crippen molar-refractivity contribution < 1.29 is 40.3 Å². The molecule has 657 valence electrons. The third kappa shape index (κ3) is 19.2. The molecule has 0 unspecified atom stereocenters. The molecule has 3 N–H and O–H groups in total. The van der Waals surface area contributed by atoms with Crippen LogP contribution in [0.15, 0.2) is 417 Å². The van der Waals surface area contributed by atoms with Crippen LogP contribution in [0.25, 0.3) is 182 Å². The van der Waals surface area contributed by atoms with Crippen LogP contribution in [0, 0.1) is 0 Å². The minimum absolute atomic E-state index is 0.258. The monoisotopic (exact) mass is 2100 g/mol. The van der Waals surface area contributed by atoms with Crippen LogP contribution >= 0.6 is 93.5 Å². The minimum atomic E-state index is -1.33. The van der Waals surface area contributed by atoms with E-state index in [1.807, 2.05) is 84.9 Å². The zero-order valence-corrected chi connectivity index (χ0v) is 81.8. The average molecular weight is 2100 g/mol. The molecule has 0 aliphatic rings. The van der Waals surface area contributed by atoms with E-state index < -0.39 is 11.2 Å². The Morgan fingerprint density at radius 1 is 0.241 bits per heavy atom. The molecule has 18 aromatic carbocycles. The molecule has 0 fully saturated rings. The number of methoxy groups -OCH3 is 4. The van der Waals surface area contributed by atoms with E-state index in [1.165, 1.54) is 120 Å². The van der Waals surface area contributed by atoms with Crippen molar-refractivity contribution in [3.05, 3.63) is 417 Å². The Balaban J connectivity index is 0.000000119. The number of phenols is 2. The number of aromatic nitrogens is 6. The normalized spacial score (nSPS) is 11.2. The van der Waals surface area contributed by atoms with E-state index in [0.29, 0.717) is 0 Å². The fraction of sp³-hybridized carbons (Fsp3) is 0.0357. The van der Waals surface area contributed by atoms with E-state index in [9.17, 15) is 10.2 Å². The van der Waals surface area contributed by atoms with E-state index in [2.05, 4.69) is 394 Å². The van der Waals surface area contributed by atoms with Gasteiger partial charge in [-0.05, 0) is 265 Å². The molecular formula is C112H83BBr4Cl3FeN6O6. The van der Waals surface area contributed by atoms with Gasteiger partial charge in [0.25, 0.3) is 0 Å². The van der Waals surface area contributed by atoms with Crippen LogP contribution in [-0.2, 0) is 11.2 Å². The predicted molar refractivity (Wildman–Crippen MR) is 571 cm³/mol. The summed E-state index contributed by atoms with van der Waals surface area (Å²) in [5.41, 5.74) is 24.2. The number of H-pyrrole nitrogens is 1. The van der Waals surface area contributed by atoms with Crippen LogP contribution in [0.4, 0.5) is 0 Å². The number of phenolic OH excluding ortho intramolecular Hbond substituents is 2. The van der Waals surface area contributed by atoms with Gasteiger partial charge in [0, 0.05) is 109 Å². The number of nitrogens with one attached hydrogen (secondary N) is 1. The molecule has 0 spiro atoms. The van der Waals surface area contributed by atoms with Gasteiger partial charge in [-0.15, -0.1) is 47.3 Å². The molecule has 0 saturated heterocycles. The van der Waals surface area contributed by atoms with Crippen LogP contribution < -0.4 is 18.9 Å². The van der Waals surface area contributed by atoms with Crippen LogP contribution in [0.1, 0.15) is 0 Å². The number of hydrogen-bond acceptors (Lipinski definition) is 6. The minimum Gasteiger partial charge on any atom is -0.355 e. The summed E-state index contributed by atoms with van der Waals surface area (Å²) in [5, 5.41) is 34.6. The molecular weight excluding hydrogens is 2020 g/mol. The summed E-state index contributed by atoms with van der Waals surface area (Å²) in [7, 11) is 21.4. The molecule has 0 amide bonds. The van der Waals surface area contributed by atoms with Crippen LogP contribution in [0.5, 0.6) is 34.5 Å². The molecule has 0 bridgehead atoms. The maximum atomic E-state index is 9.84. The maximum absolute atomic E-state index is 9.84. The van der Waals surface area contributed by atoms with Crippen LogP contribution in [-0.4, -0.2) is 69.7 Å². The van der Waals surface area contributed by atoms with Crippen molar-refractivity contribution in [3.63, 3.8) is 0 Å². The van der Waals surface area contributed by atoms with Gasteiger partial charge in [-0.25, -0.2) is 0 Å². The molecule has 21 heteroatoms. The maximum Gasteiger partial charge on any atom is 0.0464 e. The van der Waals surface area contributed by atoms with Gasteiger partial charge in [0.15, 0.2) is 0 Å². The van der Waals surface area contributed by atoms with Gasteiger partial charge >= 0.3 is 44.6 Å². The van der Waals surface area contributed by atoms with Crippen LogP contribution in [0.2, 0.25) is 0 Å². The van der Waals surface area contributed by atoms with Crippen molar-refractivity contribution in [1.82, 2.24) is 27.8 Å². The summed E-state index contributed by atoms with van der Waals surface area (Å²) < 4.78 is 33.8. The molecule has 0 saturated carbocycles. The summed E-state index contributed by atoms with van der Waals surface area (Å²) in [6, 6.07) is 142. The first kappa shape index (κ1) is 90.5. The third-order valence-electron chi connectivity index (χ3n) is 23.6. The van der Waals surface area contributed by atoms with Gasteiger partial charge < -0.3 is 57.0 Å². The number of aromatic amines is 1. The quantitative estimate of drug-likeness (QED) is 0.111. The Bertz CT molecular complexity index is 7840. The van der Waals surface area contributed by atoms with Gasteiger partial charge in [-0.2, -0.15) is 0 Å². The average Bonchev–Trinajstić information content (AvgIpc) is 1.58. The van der Waals surface area contributed by atoms with Crippen molar-refractivity contribution in [2.75, 3.05) is 28.4 Å². The van der Waals surface area contributed by atoms with Gasteiger partial charge in [0.05, 0.1) is 83.6 Å². The van der Waals surface area contributed by atoms with Crippen molar-refractivity contribution in [2.45, 2.75) is 0 Å². The molecule has 0 radical (unpaired) electrons. The van der Waals surface area contributed by atoms with Crippen molar-refractivity contribution >= 4 is 228 Å². The number of hydrogen-bond donors (Lipinski definition) is 3. The molecule has 6 heterocycles. The number of nitrogens with zero attached hydrogens (tertiary/aromatic N) is 5. The SMILES string of the molecule is BrB(Br)Br.COc1ccc(-n2c3ccccc3c3cc(-c4ccc5c(c4)c4ccccc4n5-c4ccc(OC)cc4)ccc32)cc1.COc1ccc(-n2c3ccccc3c3ccccc32)cc1.COc1ccc(Br)cc1.Oc1ccc(-n2c3ccccc3c3cc(-c4ccc5c(c4)c4ccccc4n5-c4ccc(O)cc4)ccc32)cc1.[Cl][Fe]([Cl])[Cl].c1ccc2c(c1)[nH]c1ccccc12. The molecule has 0 atom stereocenters. The van der Waals surface area contributed by atoms with Gasteiger partial charge in [0.1, 0.15) is 34.5 Å². The van der Waals surface area contributed by atoms with Crippen LogP contribution in [0.3, 0.4) is 0 Å². The molecule has 24 aromatic rings. The summed E-state index contributed by atoms with van der Waals surface area (Å²) in [5.74, 6) is 3.98.